The Balaban J connectivity index is 2.23. The van der Waals surface area contributed by atoms with E-state index >= 15 is 0 Å². The lowest BCUT2D eigenvalue weighted by molar-refractivity contribution is 0.561. The van der Waals surface area contributed by atoms with Gasteiger partial charge in [0.25, 0.3) is 0 Å². The summed E-state index contributed by atoms with van der Waals surface area (Å²) in [5.41, 5.74) is 10.4. The van der Waals surface area contributed by atoms with Crippen molar-refractivity contribution >= 4 is 11.1 Å². The van der Waals surface area contributed by atoms with E-state index in [1.807, 2.05) is 43.7 Å². The molecule has 0 aliphatic heterocycles. The third-order valence-corrected chi connectivity index (χ3v) is 3.35. The Morgan fingerprint density at radius 1 is 1.26 bits per heavy atom. The Kier molecular flexibility index (Phi) is 2.64. The SMILES string of the molecule is Cc1nc2ccc(-c3c(CN)nc(C)n3C)cc2o1. The van der Waals surface area contributed by atoms with Crippen LogP contribution in [0.3, 0.4) is 0 Å². The number of aryl methyl sites for hydroxylation is 2. The maximum Gasteiger partial charge on any atom is 0.192 e. The molecule has 0 bridgehead atoms. The van der Waals surface area contributed by atoms with Crippen LogP contribution in [0.1, 0.15) is 17.4 Å². The van der Waals surface area contributed by atoms with Crippen molar-refractivity contribution in [3.05, 3.63) is 35.6 Å². The Hall–Kier alpha value is -2.14. The van der Waals surface area contributed by atoms with E-state index in [-0.39, 0.29) is 0 Å². The Morgan fingerprint density at radius 2 is 2.05 bits per heavy atom. The highest BCUT2D eigenvalue weighted by atomic mass is 16.3. The van der Waals surface area contributed by atoms with Gasteiger partial charge in [-0.3, -0.25) is 0 Å². The second-order valence-electron chi connectivity index (χ2n) is 4.63. The number of nitrogens with two attached hydrogens (primary N) is 1. The molecule has 0 radical (unpaired) electrons. The zero-order valence-corrected chi connectivity index (χ0v) is 11.3. The molecule has 98 valence electrons. The van der Waals surface area contributed by atoms with Gasteiger partial charge in [0.05, 0.1) is 11.4 Å². The first-order valence-corrected chi connectivity index (χ1v) is 6.20. The molecule has 0 saturated carbocycles. The molecule has 5 heteroatoms. The molecule has 0 saturated heterocycles. The molecule has 3 aromatic rings. The van der Waals surface area contributed by atoms with Crippen molar-refractivity contribution in [1.29, 1.82) is 0 Å². The fraction of sp³-hybridized carbons (Fsp3) is 0.286. The van der Waals surface area contributed by atoms with Crippen LogP contribution in [0.15, 0.2) is 22.6 Å². The van der Waals surface area contributed by atoms with Gasteiger partial charge in [0, 0.05) is 26.1 Å². The summed E-state index contributed by atoms with van der Waals surface area (Å²) in [5.74, 6) is 1.62. The second kappa shape index (κ2) is 4.20. The van der Waals surface area contributed by atoms with Gasteiger partial charge >= 0.3 is 0 Å². The van der Waals surface area contributed by atoms with Gasteiger partial charge in [0.15, 0.2) is 11.5 Å². The molecule has 0 unspecified atom stereocenters. The van der Waals surface area contributed by atoms with Crippen LogP contribution in [0.5, 0.6) is 0 Å². The molecule has 1 aromatic carbocycles. The van der Waals surface area contributed by atoms with Gasteiger partial charge in [-0.15, -0.1) is 0 Å². The number of rotatable bonds is 2. The van der Waals surface area contributed by atoms with Crippen LogP contribution >= 0.6 is 0 Å². The van der Waals surface area contributed by atoms with E-state index in [9.17, 15) is 0 Å². The summed E-state index contributed by atoms with van der Waals surface area (Å²) in [5, 5.41) is 0. The highest BCUT2D eigenvalue weighted by Gasteiger charge is 2.14. The fourth-order valence-corrected chi connectivity index (χ4v) is 2.37. The summed E-state index contributed by atoms with van der Waals surface area (Å²) in [7, 11) is 1.99. The third kappa shape index (κ3) is 1.82. The van der Waals surface area contributed by atoms with Gasteiger partial charge in [0.2, 0.25) is 0 Å². The largest absolute Gasteiger partial charge is 0.441 e. The quantitative estimate of drug-likeness (QED) is 0.763. The summed E-state index contributed by atoms with van der Waals surface area (Å²) in [6.07, 6.45) is 0. The Bertz CT molecular complexity index is 754. The smallest absolute Gasteiger partial charge is 0.192 e. The first-order chi connectivity index (χ1) is 9.10. The van der Waals surface area contributed by atoms with Gasteiger partial charge in [-0.2, -0.15) is 0 Å². The van der Waals surface area contributed by atoms with Crippen molar-refractivity contribution in [2.75, 3.05) is 0 Å². The molecule has 0 aliphatic rings. The van der Waals surface area contributed by atoms with Gasteiger partial charge in [0.1, 0.15) is 11.3 Å². The number of hydrogen-bond acceptors (Lipinski definition) is 4. The standard InChI is InChI=1S/C14H16N4O/c1-8-16-12(7-15)14(18(8)3)10-4-5-11-13(6-10)19-9(2)17-11/h4-6H,7,15H2,1-3H3. The molecule has 5 nitrogen and oxygen atoms in total. The topological polar surface area (TPSA) is 69.9 Å². The first kappa shape index (κ1) is 11.9. The van der Waals surface area contributed by atoms with Gasteiger partial charge in [-0.1, -0.05) is 6.07 Å². The van der Waals surface area contributed by atoms with Crippen LogP contribution in [0.4, 0.5) is 0 Å². The Morgan fingerprint density at radius 3 is 2.79 bits per heavy atom. The van der Waals surface area contributed by atoms with Crippen LogP contribution in [-0.4, -0.2) is 14.5 Å². The number of nitrogens with zero attached hydrogens (tertiary/aromatic N) is 3. The zero-order valence-electron chi connectivity index (χ0n) is 11.3. The number of oxazole rings is 1. The molecular weight excluding hydrogens is 240 g/mol. The van der Waals surface area contributed by atoms with Crippen molar-refractivity contribution in [1.82, 2.24) is 14.5 Å². The van der Waals surface area contributed by atoms with E-state index in [0.717, 1.165) is 33.9 Å². The van der Waals surface area contributed by atoms with Crippen LogP contribution in [0.25, 0.3) is 22.4 Å². The lowest BCUT2D eigenvalue weighted by atomic mass is 10.1. The van der Waals surface area contributed by atoms with Crippen LogP contribution in [0, 0.1) is 13.8 Å². The van der Waals surface area contributed by atoms with Crippen molar-refractivity contribution < 1.29 is 4.42 Å². The molecule has 0 atom stereocenters. The summed E-state index contributed by atoms with van der Waals surface area (Å²) in [6, 6.07) is 5.98. The van der Waals surface area contributed by atoms with E-state index in [2.05, 4.69) is 9.97 Å². The first-order valence-electron chi connectivity index (χ1n) is 6.20. The molecular formula is C14H16N4O. The molecule has 3 rings (SSSR count). The average molecular weight is 256 g/mol. The van der Waals surface area contributed by atoms with E-state index < -0.39 is 0 Å². The molecule has 0 aliphatic carbocycles. The molecule has 19 heavy (non-hydrogen) atoms. The normalized spacial score (nSPS) is 11.4. The molecule has 2 aromatic heterocycles. The molecule has 0 fully saturated rings. The lowest BCUT2D eigenvalue weighted by Gasteiger charge is -2.05. The lowest BCUT2D eigenvalue weighted by Crippen LogP contribution is -2.00. The highest BCUT2D eigenvalue weighted by molar-refractivity contribution is 5.80. The van der Waals surface area contributed by atoms with E-state index in [1.54, 1.807) is 0 Å². The number of imidazole rings is 1. The van der Waals surface area contributed by atoms with Crippen molar-refractivity contribution in [2.24, 2.45) is 12.8 Å². The summed E-state index contributed by atoms with van der Waals surface area (Å²) in [4.78, 5) is 8.79. The van der Waals surface area contributed by atoms with Crippen molar-refractivity contribution in [3.8, 4) is 11.3 Å². The summed E-state index contributed by atoms with van der Waals surface area (Å²) < 4.78 is 7.63. The minimum atomic E-state index is 0.421. The number of benzene rings is 1. The number of fused-ring (bicyclic) bond motifs is 1. The number of aromatic nitrogens is 3. The maximum atomic E-state index is 5.78. The molecule has 2 heterocycles. The average Bonchev–Trinajstić information content (AvgIpc) is 2.88. The minimum Gasteiger partial charge on any atom is -0.441 e. The van der Waals surface area contributed by atoms with Crippen LogP contribution in [0.2, 0.25) is 0 Å². The van der Waals surface area contributed by atoms with Crippen LogP contribution in [-0.2, 0) is 13.6 Å². The van der Waals surface area contributed by atoms with Crippen LogP contribution < -0.4 is 5.73 Å². The minimum absolute atomic E-state index is 0.421. The highest BCUT2D eigenvalue weighted by Crippen LogP contribution is 2.27. The molecule has 0 spiro atoms. The summed E-state index contributed by atoms with van der Waals surface area (Å²) >= 11 is 0. The predicted octanol–water partition coefficient (Wildman–Crippen LogP) is 2.30. The molecule has 0 amide bonds. The van der Waals surface area contributed by atoms with Gasteiger partial charge in [-0.05, 0) is 19.1 Å². The fourth-order valence-electron chi connectivity index (χ4n) is 2.37. The third-order valence-electron chi connectivity index (χ3n) is 3.35. The van der Waals surface area contributed by atoms with Gasteiger partial charge < -0.3 is 14.7 Å². The molecule has 2 N–H and O–H groups in total. The second-order valence-corrected chi connectivity index (χ2v) is 4.63. The van der Waals surface area contributed by atoms with Crippen molar-refractivity contribution in [2.45, 2.75) is 20.4 Å². The Labute approximate surface area is 111 Å². The van der Waals surface area contributed by atoms with E-state index in [1.165, 1.54) is 0 Å². The van der Waals surface area contributed by atoms with E-state index in [0.29, 0.717) is 12.4 Å². The summed E-state index contributed by atoms with van der Waals surface area (Å²) in [6.45, 7) is 4.24. The number of hydrogen-bond donors (Lipinski definition) is 1. The monoisotopic (exact) mass is 256 g/mol. The van der Waals surface area contributed by atoms with Crippen molar-refractivity contribution in [3.63, 3.8) is 0 Å². The van der Waals surface area contributed by atoms with E-state index in [4.69, 9.17) is 10.2 Å². The predicted molar refractivity (Wildman–Crippen MR) is 73.6 cm³/mol. The zero-order chi connectivity index (χ0) is 13.6. The maximum absolute atomic E-state index is 5.78. The van der Waals surface area contributed by atoms with Gasteiger partial charge in [-0.25, -0.2) is 9.97 Å².